The fraction of sp³-hybridized carbons (Fsp3) is 0.263. The minimum Gasteiger partial charge on any atom is -0.341 e. The Bertz CT molecular complexity index is 698. The van der Waals surface area contributed by atoms with Gasteiger partial charge >= 0.3 is 0 Å². The van der Waals surface area contributed by atoms with E-state index >= 15 is 0 Å². The predicted octanol–water partition coefficient (Wildman–Crippen LogP) is 4.17. The van der Waals surface area contributed by atoms with Crippen LogP contribution in [0.5, 0.6) is 0 Å². The van der Waals surface area contributed by atoms with Gasteiger partial charge in [-0.05, 0) is 48.2 Å². The van der Waals surface area contributed by atoms with E-state index in [9.17, 15) is 14.0 Å². The maximum absolute atomic E-state index is 12.9. The molecule has 0 fully saturated rings. The van der Waals surface area contributed by atoms with Crippen LogP contribution in [0.25, 0.3) is 0 Å². The first-order valence-electron chi connectivity index (χ1n) is 7.65. The molecule has 2 rings (SSSR count). The summed E-state index contributed by atoms with van der Waals surface area (Å²) in [5.74, 6) is -0.615. The van der Waals surface area contributed by atoms with Crippen molar-refractivity contribution in [2.45, 2.75) is 24.3 Å². The molecule has 0 bridgehead atoms. The zero-order valence-corrected chi connectivity index (χ0v) is 14.6. The molecule has 0 aromatic heterocycles. The molecule has 2 aromatic rings. The Labute approximate surface area is 145 Å². The first-order chi connectivity index (χ1) is 11.5. The van der Waals surface area contributed by atoms with Crippen molar-refractivity contribution in [1.29, 1.82) is 0 Å². The second-order valence-corrected chi connectivity index (χ2v) is 6.41. The number of rotatable bonds is 7. The standard InChI is InChI=1S/C19H20FNO2S/c1-21(13-14-3-9-17(24-2)10-4-14)19(23)12-11-18(22)15-5-7-16(20)8-6-15/h3-10H,11-13H2,1-2H3. The minimum atomic E-state index is -0.380. The Morgan fingerprint density at radius 1 is 1.00 bits per heavy atom. The zero-order chi connectivity index (χ0) is 17.5. The van der Waals surface area contributed by atoms with Crippen LogP contribution in [0.2, 0.25) is 0 Å². The van der Waals surface area contributed by atoms with E-state index in [1.165, 1.54) is 29.2 Å². The van der Waals surface area contributed by atoms with E-state index in [2.05, 4.69) is 0 Å². The number of benzene rings is 2. The van der Waals surface area contributed by atoms with Crippen LogP contribution in [0.1, 0.15) is 28.8 Å². The summed E-state index contributed by atoms with van der Waals surface area (Å²) in [6.45, 7) is 0.512. The molecule has 0 atom stereocenters. The van der Waals surface area contributed by atoms with Gasteiger partial charge < -0.3 is 4.90 Å². The van der Waals surface area contributed by atoms with Gasteiger partial charge in [-0.2, -0.15) is 0 Å². The van der Waals surface area contributed by atoms with Crippen molar-refractivity contribution in [1.82, 2.24) is 4.90 Å². The number of halogens is 1. The number of hydrogen-bond donors (Lipinski definition) is 0. The molecule has 1 amide bonds. The minimum absolute atomic E-state index is 0.0839. The number of carbonyl (C=O) groups excluding carboxylic acids is 2. The van der Waals surface area contributed by atoms with Crippen LogP contribution >= 0.6 is 11.8 Å². The van der Waals surface area contributed by atoms with E-state index in [1.54, 1.807) is 23.7 Å². The smallest absolute Gasteiger partial charge is 0.223 e. The van der Waals surface area contributed by atoms with Gasteiger partial charge in [0, 0.05) is 36.9 Å². The third-order valence-corrected chi connectivity index (χ3v) is 4.48. The summed E-state index contributed by atoms with van der Waals surface area (Å²) < 4.78 is 12.9. The number of amides is 1. The lowest BCUT2D eigenvalue weighted by Crippen LogP contribution is -2.26. The Morgan fingerprint density at radius 2 is 1.62 bits per heavy atom. The van der Waals surface area contributed by atoms with Gasteiger partial charge in [0.1, 0.15) is 5.82 Å². The van der Waals surface area contributed by atoms with Crippen molar-refractivity contribution in [3.8, 4) is 0 Å². The maximum atomic E-state index is 12.9. The van der Waals surface area contributed by atoms with E-state index in [1.807, 2.05) is 30.5 Å². The summed E-state index contributed by atoms with van der Waals surface area (Å²) in [6.07, 6.45) is 2.29. The average Bonchev–Trinajstić information content (AvgIpc) is 2.60. The number of Topliss-reactive ketones (excluding diaryl/α,β-unsaturated/α-hetero) is 1. The number of nitrogens with zero attached hydrogens (tertiary/aromatic N) is 1. The highest BCUT2D eigenvalue weighted by molar-refractivity contribution is 7.98. The molecule has 3 nitrogen and oxygen atoms in total. The molecule has 0 unspecified atom stereocenters. The highest BCUT2D eigenvalue weighted by Crippen LogP contribution is 2.16. The largest absolute Gasteiger partial charge is 0.341 e. The number of thioether (sulfide) groups is 1. The molecule has 0 spiro atoms. The molecule has 0 N–H and O–H groups in total. The first-order valence-corrected chi connectivity index (χ1v) is 8.87. The Morgan fingerprint density at radius 3 is 2.21 bits per heavy atom. The Hall–Kier alpha value is -2.14. The van der Waals surface area contributed by atoms with Crippen LogP contribution in [-0.4, -0.2) is 29.9 Å². The second kappa shape index (κ2) is 8.64. The lowest BCUT2D eigenvalue weighted by Gasteiger charge is -2.17. The third kappa shape index (κ3) is 5.20. The molecule has 0 saturated heterocycles. The molecule has 126 valence electrons. The SMILES string of the molecule is CSc1ccc(CN(C)C(=O)CCC(=O)c2ccc(F)cc2)cc1. The summed E-state index contributed by atoms with van der Waals surface area (Å²) in [7, 11) is 1.73. The number of ketones is 1. The van der Waals surface area contributed by atoms with Gasteiger partial charge in [-0.25, -0.2) is 4.39 Å². The van der Waals surface area contributed by atoms with Crippen molar-refractivity contribution >= 4 is 23.5 Å². The monoisotopic (exact) mass is 345 g/mol. The topological polar surface area (TPSA) is 37.4 Å². The lowest BCUT2D eigenvalue weighted by molar-refractivity contribution is -0.130. The van der Waals surface area contributed by atoms with Gasteiger partial charge in [0.05, 0.1) is 0 Å². The summed E-state index contributed by atoms with van der Waals surface area (Å²) >= 11 is 1.67. The molecule has 0 saturated carbocycles. The molecule has 0 aliphatic heterocycles. The Kier molecular flexibility index (Phi) is 6.55. The quantitative estimate of drug-likeness (QED) is 0.558. The summed E-state index contributed by atoms with van der Waals surface area (Å²) in [5.41, 5.74) is 1.48. The van der Waals surface area contributed by atoms with Gasteiger partial charge in [0.15, 0.2) is 5.78 Å². The van der Waals surface area contributed by atoms with Crippen molar-refractivity contribution in [2.24, 2.45) is 0 Å². The molecule has 24 heavy (non-hydrogen) atoms. The molecule has 0 radical (unpaired) electrons. The van der Waals surface area contributed by atoms with Gasteiger partial charge in [0.25, 0.3) is 0 Å². The molecule has 5 heteroatoms. The van der Waals surface area contributed by atoms with Crippen LogP contribution in [0.3, 0.4) is 0 Å². The summed E-state index contributed by atoms with van der Waals surface area (Å²) in [4.78, 5) is 27.0. The van der Waals surface area contributed by atoms with Crippen LogP contribution in [-0.2, 0) is 11.3 Å². The van der Waals surface area contributed by atoms with E-state index < -0.39 is 0 Å². The van der Waals surface area contributed by atoms with Gasteiger partial charge in [0.2, 0.25) is 5.91 Å². The molecular formula is C19H20FNO2S. The summed E-state index contributed by atoms with van der Waals surface area (Å²) in [5, 5.41) is 0. The fourth-order valence-corrected chi connectivity index (χ4v) is 2.69. The van der Waals surface area contributed by atoms with Crippen LogP contribution < -0.4 is 0 Å². The highest BCUT2D eigenvalue weighted by Gasteiger charge is 2.13. The first kappa shape index (κ1) is 18.2. The molecule has 0 aliphatic rings. The highest BCUT2D eigenvalue weighted by atomic mass is 32.2. The van der Waals surface area contributed by atoms with Crippen LogP contribution in [0, 0.1) is 5.82 Å². The third-order valence-electron chi connectivity index (χ3n) is 3.74. The van der Waals surface area contributed by atoms with E-state index in [-0.39, 0.29) is 30.3 Å². The molecule has 2 aromatic carbocycles. The average molecular weight is 345 g/mol. The normalized spacial score (nSPS) is 10.5. The van der Waals surface area contributed by atoms with Crippen molar-refractivity contribution in [2.75, 3.05) is 13.3 Å². The zero-order valence-electron chi connectivity index (χ0n) is 13.8. The number of hydrogen-bond acceptors (Lipinski definition) is 3. The molecule has 0 heterocycles. The lowest BCUT2D eigenvalue weighted by atomic mass is 10.1. The van der Waals surface area contributed by atoms with Crippen molar-refractivity contribution in [3.05, 3.63) is 65.5 Å². The van der Waals surface area contributed by atoms with Gasteiger partial charge in [-0.15, -0.1) is 11.8 Å². The van der Waals surface area contributed by atoms with Gasteiger partial charge in [-0.3, -0.25) is 9.59 Å². The number of carbonyl (C=O) groups is 2. The predicted molar refractivity (Wildman–Crippen MR) is 94.7 cm³/mol. The Balaban J connectivity index is 1.84. The van der Waals surface area contributed by atoms with E-state index in [0.717, 1.165) is 5.56 Å². The summed E-state index contributed by atoms with van der Waals surface area (Å²) in [6, 6.07) is 13.4. The van der Waals surface area contributed by atoms with E-state index in [0.29, 0.717) is 12.1 Å². The van der Waals surface area contributed by atoms with Gasteiger partial charge in [-0.1, -0.05) is 12.1 Å². The molecule has 0 aliphatic carbocycles. The second-order valence-electron chi connectivity index (χ2n) is 5.53. The van der Waals surface area contributed by atoms with Crippen LogP contribution in [0.15, 0.2) is 53.4 Å². The van der Waals surface area contributed by atoms with Crippen molar-refractivity contribution < 1.29 is 14.0 Å². The maximum Gasteiger partial charge on any atom is 0.223 e. The van der Waals surface area contributed by atoms with E-state index in [4.69, 9.17) is 0 Å². The fourth-order valence-electron chi connectivity index (χ4n) is 2.28. The van der Waals surface area contributed by atoms with Crippen LogP contribution in [0.4, 0.5) is 4.39 Å². The molecular weight excluding hydrogens is 325 g/mol. The van der Waals surface area contributed by atoms with Crippen molar-refractivity contribution in [3.63, 3.8) is 0 Å².